The SMILES string of the molecule is CCOc1ccccc1C=Nc1sc2c(c1C(=O)Nc1ccc(Cl)cc1)CC[C@H](C(C)(C)C)C2. The number of nitrogens with one attached hydrogen (secondary N) is 1. The maximum atomic E-state index is 13.5. The van der Waals surface area contributed by atoms with Crippen LogP contribution in [-0.2, 0) is 12.8 Å². The lowest BCUT2D eigenvalue weighted by Gasteiger charge is -2.33. The number of carbonyl (C=O) groups is 1. The standard InChI is InChI=1S/C28H31ClN2O2S/c1-5-33-23-9-7-6-8-18(23)17-30-27-25(26(32)31-21-13-11-20(29)12-14-21)22-15-10-19(28(2,3)4)16-24(22)34-27/h6-9,11-14,17,19H,5,10,15-16H2,1-4H3,(H,31,32)/t19-/m0/s1. The Labute approximate surface area is 211 Å². The van der Waals surface area contributed by atoms with Crippen LogP contribution in [0.25, 0.3) is 0 Å². The summed E-state index contributed by atoms with van der Waals surface area (Å²) in [6.07, 6.45) is 4.76. The first-order valence-electron chi connectivity index (χ1n) is 11.7. The van der Waals surface area contributed by atoms with Gasteiger partial charge in [0.15, 0.2) is 0 Å². The van der Waals surface area contributed by atoms with Gasteiger partial charge in [-0.2, -0.15) is 0 Å². The summed E-state index contributed by atoms with van der Waals surface area (Å²) in [5.41, 5.74) is 3.67. The molecule has 4 rings (SSSR count). The van der Waals surface area contributed by atoms with Crippen LogP contribution in [0.4, 0.5) is 10.7 Å². The maximum absolute atomic E-state index is 13.5. The molecule has 0 saturated heterocycles. The monoisotopic (exact) mass is 494 g/mol. The fourth-order valence-corrected chi connectivity index (χ4v) is 5.76. The lowest BCUT2D eigenvalue weighted by Crippen LogP contribution is -2.27. The number of carbonyl (C=O) groups excluding carboxylic acids is 1. The van der Waals surface area contributed by atoms with Crippen LogP contribution >= 0.6 is 22.9 Å². The zero-order chi connectivity index (χ0) is 24.3. The molecule has 178 valence electrons. The van der Waals surface area contributed by atoms with Gasteiger partial charge in [-0.15, -0.1) is 11.3 Å². The molecule has 1 aliphatic carbocycles. The molecular formula is C28H31ClN2O2S. The number of aliphatic imine (C=N–C) groups is 1. The van der Waals surface area contributed by atoms with Gasteiger partial charge in [-0.1, -0.05) is 44.5 Å². The summed E-state index contributed by atoms with van der Waals surface area (Å²) in [6.45, 7) is 9.45. The highest BCUT2D eigenvalue weighted by Crippen LogP contribution is 2.45. The minimum Gasteiger partial charge on any atom is -0.493 e. The van der Waals surface area contributed by atoms with Crippen LogP contribution in [0.2, 0.25) is 5.02 Å². The summed E-state index contributed by atoms with van der Waals surface area (Å²) in [5.74, 6) is 1.25. The first-order valence-corrected chi connectivity index (χ1v) is 12.9. The van der Waals surface area contributed by atoms with Gasteiger partial charge in [-0.05, 0) is 79.5 Å². The smallest absolute Gasteiger partial charge is 0.259 e. The molecule has 6 heteroatoms. The van der Waals surface area contributed by atoms with Gasteiger partial charge in [0.2, 0.25) is 0 Å². The third-order valence-electron chi connectivity index (χ3n) is 6.34. The Morgan fingerprint density at radius 1 is 1.21 bits per heavy atom. The van der Waals surface area contributed by atoms with Crippen LogP contribution in [0.1, 0.15) is 60.5 Å². The average molecular weight is 495 g/mol. The van der Waals surface area contributed by atoms with Gasteiger partial charge in [0.05, 0.1) is 12.2 Å². The lowest BCUT2D eigenvalue weighted by molar-refractivity contribution is 0.102. The molecule has 4 nitrogen and oxygen atoms in total. The number of rotatable bonds is 6. The van der Waals surface area contributed by atoms with Crippen molar-refractivity contribution >= 4 is 45.7 Å². The van der Waals surface area contributed by atoms with Gasteiger partial charge >= 0.3 is 0 Å². The third-order valence-corrected chi connectivity index (χ3v) is 7.75. The van der Waals surface area contributed by atoms with Gasteiger partial charge in [-0.3, -0.25) is 4.79 Å². The number of anilines is 1. The number of fused-ring (bicyclic) bond motifs is 1. The molecule has 34 heavy (non-hydrogen) atoms. The van der Waals surface area contributed by atoms with E-state index >= 15 is 0 Å². The van der Waals surface area contributed by atoms with Crippen molar-refractivity contribution in [2.75, 3.05) is 11.9 Å². The second-order valence-corrected chi connectivity index (χ2v) is 11.2. The number of benzene rings is 2. The number of hydrogen-bond donors (Lipinski definition) is 1. The summed E-state index contributed by atoms with van der Waals surface area (Å²) < 4.78 is 5.75. The van der Waals surface area contributed by atoms with Crippen molar-refractivity contribution < 1.29 is 9.53 Å². The predicted molar refractivity (Wildman–Crippen MR) is 144 cm³/mol. The van der Waals surface area contributed by atoms with Gasteiger partial charge in [0.25, 0.3) is 5.91 Å². The van der Waals surface area contributed by atoms with E-state index in [1.165, 1.54) is 4.88 Å². The molecule has 1 atom stereocenters. The van der Waals surface area contributed by atoms with Gasteiger partial charge < -0.3 is 10.1 Å². The second kappa shape index (κ2) is 10.3. The topological polar surface area (TPSA) is 50.7 Å². The van der Waals surface area contributed by atoms with Gasteiger partial charge in [0, 0.05) is 27.4 Å². The normalized spacial score (nSPS) is 15.9. The summed E-state index contributed by atoms with van der Waals surface area (Å²) in [5, 5.41) is 4.43. The van der Waals surface area contributed by atoms with E-state index in [1.807, 2.05) is 49.5 Å². The fraction of sp³-hybridized carbons (Fsp3) is 0.357. The number of hydrogen-bond acceptors (Lipinski definition) is 4. The molecular weight excluding hydrogens is 464 g/mol. The number of ether oxygens (including phenoxy) is 1. The number of halogens is 1. The van der Waals surface area contributed by atoms with E-state index < -0.39 is 0 Å². The van der Waals surface area contributed by atoms with E-state index in [4.69, 9.17) is 21.3 Å². The Morgan fingerprint density at radius 2 is 1.94 bits per heavy atom. The molecule has 0 fully saturated rings. The Hall–Kier alpha value is -2.63. The van der Waals surface area contributed by atoms with Crippen molar-refractivity contribution in [2.45, 2.75) is 47.0 Å². The number of amides is 1. The minimum absolute atomic E-state index is 0.126. The molecule has 1 heterocycles. The highest BCUT2D eigenvalue weighted by Gasteiger charge is 2.33. The molecule has 1 amide bonds. The Balaban J connectivity index is 1.71. The molecule has 0 unspecified atom stereocenters. The molecule has 0 radical (unpaired) electrons. The summed E-state index contributed by atoms with van der Waals surface area (Å²) >= 11 is 7.65. The van der Waals surface area contributed by atoms with Crippen molar-refractivity contribution in [1.29, 1.82) is 0 Å². The summed E-state index contributed by atoms with van der Waals surface area (Å²) in [7, 11) is 0. The van der Waals surface area contributed by atoms with Gasteiger partial charge in [-0.25, -0.2) is 4.99 Å². The average Bonchev–Trinajstić information content (AvgIpc) is 3.17. The first kappa shape index (κ1) is 24.5. The minimum atomic E-state index is -0.126. The van der Waals surface area contributed by atoms with Crippen LogP contribution in [-0.4, -0.2) is 18.7 Å². The van der Waals surface area contributed by atoms with Crippen LogP contribution in [0.5, 0.6) is 5.75 Å². The molecule has 0 aliphatic heterocycles. The number of para-hydroxylation sites is 1. The lowest BCUT2D eigenvalue weighted by atomic mass is 9.72. The Morgan fingerprint density at radius 3 is 2.65 bits per heavy atom. The largest absolute Gasteiger partial charge is 0.493 e. The molecule has 1 N–H and O–H groups in total. The van der Waals surface area contributed by atoms with E-state index in [9.17, 15) is 4.79 Å². The molecule has 2 aromatic carbocycles. The van der Waals surface area contributed by atoms with E-state index in [0.717, 1.165) is 41.1 Å². The zero-order valence-corrected chi connectivity index (χ0v) is 21.7. The Kier molecular flexibility index (Phi) is 7.44. The van der Waals surface area contributed by atoms with Crippen LogP contribution in [0.15, 0.2) is 53.5 Å². The highest BCUT2D eigenvalue weighted by atomic mass is 35.5. The number of thiophene rings is 1. The molecule has 0 spiro atoms. The van der Waals surface area contributed by atoms with Crippen molar-refractivity contribution in [1.82, 2.24) is 0 Å². The summed E-state index contributed by atoms with van der Waals surface area (Å²) in [6, 6.07) is 15.0. The molecule has 3 aromatic rings. The van der Waals surface area contributed by atoms with Crippen molar-refractivity contribution in [3.63, 3.8) is 0 Å². The maximum Gasteiger partial charge on any atom is 0.259 e. The molecule has 0 bridgehead atoms. The van der Waals surface area contributed by atoms with Crippen LogP contribution in [0, 0.1) is 11.3 Å². The van der Waals surface area contributed by atoms with E-state index in [0.29, 0.717) is 28.8 Å². The molecule has 0 saturated carbocycles. The quantitative estimate of drug-likeness (QED) is 0.353. The van der Waals surface area contributed by atoms with E-state index in [1.54, 1.807) is 23.5 Å². The van der Waals surface area contributed by atoms with Crippen molar-refractivity contribution in [3.8, 4) is 5.75 Å². The van der Waals surface area contributed by atoms with Crippen LogP contribution in [0.3, 0.4) is 0 Å². The van der Waals surface area contributed by atoms with E-state index in [2.05, 4.69) is 26.1 Å². The predicted octanol–water partition coefficient (Wildman–Crippen LogP) is 7.95. The first-order chi connectivity index (χ1) is 16.3. The van der Waals surface area contributed by atoms with Crippen molar-refractivity contribution in [3.05, 3.63) is 75.1 Å². The van der Waals surface area contributed by atoms with Crippen molar-refractivity contribution in [2.24, 2.45) is 16.3 Å². The Bertz CT molecular complexity index is 1190. The van der Waals surface area contributed by atoms with Gasteiger partial charge in [0.1, 0.15) is 10.8 Å². The van der Waals surface area contributed by atoms with E-state index in [-0.39, 0.29) is 11.3 Å². The summed E-state index contributed by atoms with van der Waals surface area (Å²) in [4.78, 5) is 19.6. The second-order valence-electron chi connectivity index (χ2n) is 9.68. The third kappa shape index (κ3) is 5.53. The number of nitrogens with zero attached hydrogens (tertiary/aromatic N) is 1. The molecule has 1 aromatic heterocycles. The highest BCUT2D eigenvalue weighted by molar-refractivity contribution is 7.16. The fourth-order valence-electron chi connectivity index (χ4n) is 4.36. The molecule has 1 aliphatic rings. The zero-order valence-electron chi connectivity index (χ0n) is 20.2. The van der Waals surface area contributed by atoms with Crippen LogP contribution < -0.4 is 10.1 Å².